The molecule has 19 heavy (non-hydrogen) atoms. The predicted octanol–water partition coefficient (Wildman–Crippen LogP) is 3.54. The number of nitrogens with zero attached hydrogens (tertiary/aromatic N) is 1. The number of pyridine rings is 1. The lowest BCUT2D eigenvalue weighted by Gasteiger charge is -2.30. The summed E-state index contributed by atoms with van der Waals surface area (Å²) in [6.45, 7) is 7.46. The molecule has 2 rings (SSSR count). The first kappa shape index (κ1) is 14.3. The van der Waals surface area contributed by atoms with Crippen LogP contribution in [0, 0.1) is 5.92 Å². The average molecular weight is 262 g/mol. The van der Waals surface area contributed by atoms with Crippen molar-refractivity contribution in [2.45, 2.75) is 65.1 Å². The Hall–Kier alpha value is -1.09. The largest absolute Gasteiger partial charge is 0.488 e. The van der Waals surface area contributed by atoms with Gasteiger partial charge in [-0.25, -0.2) is 0 Å². The Morgan fingerprint density at radius 2 is 2.16 bits per heavy atom. The van der Waals surface area contributed by atoms with Crippen LogP contribution >= 0.6 is 0 Å². The minimum absolute atomic E-state index is 0.357. The summed E-state index contributed by atoms with van der Waals surface area (Å²) >= 11 is 0. The van der Waals surface area contributed by atoms with E-state index >= 15 is 0 Å². The number of hydrogen-bond donors (Lipinski definition) is 1. The number of nitrogens with one attached hydrogen (secondary N) is 1. The zero-order valence-corrected chi connectivity index (χ0v) is 12.4. The highest BCUT2D eigenvalue weighted by molar-refractivity contribution is 5.30. The zero-order valence-electron chi connectivity index (χ0n) is 12.4. The first-order valence-electron chi connectivity index (χ1n) is 7.49. The van der Waals surface area contributed by atoms with Gasteiger partial charge in [0.05, 0.1) is 6.20 Å². The molecule has 1 aromatic rings. The number of ether oxygens (including phenoxy) is 1. The molecule has 0 aliphatic heterocycles. The van der Waals surface area contributed by atoms with Crippen molar-refractivity contribution in [2.75, 3.05) is 0 Å². The van der Waals surface area contributed by atoms with E-state index in [1.165, 1.54) is 31.2 Å². The van der Waals surface area contributed by atoms with E-state index in [1.54, 1.807) is 0 Å². The molecule has 0 radical (unpaired) electrons. The summed E-state index contributed by atoms with van der Waals surface area (Å²) in [5.41, 5.74) is 1.21. The molecule has 1 aromatic heterocycles. The van der Waals surface area contributed by atoms with Crippen molar-refractivity contribution >= 4 is 0 Å². The highest BCUT2D eigenvalue weighted by atomic mass is 16.5. The van der Waals surface area contributed by atoms with Crippen molar-refractivity contribution in [1.82, 2.24) is 10.3 Å². The second-order valence-corrected chi connectivity index (χ2v) is 5.94. The standard InChI is InChI=1S/C16H26N2O/c1-12(2)18-10-14-8-9-17-11-16(14)19-15-7-5-4-6-13(15)3/h8-9,11-13,15,18H,4-7,10H2,1-3H3. The van der Waals surface area contributed by atoms with Gasteiger partial charge in [0.15, 0.2) is 0 Å². The monoisotopic (exact) mass is 262 g/mol. The summed E-state index contributed by atoms with van der Waals surface area (Å²) in [6, 6.07) is 2.53. The quantitative estimate of drug-likeness (QED) is 0.881. The fraction of sp³-hybridized carbons (Fsp3) is 0.688. The van der Waals surface area contributed by atoms with Crippen LogP contribution in [0.25, 0.3) is 0 Å². The van der Waals surface area contributed by atoms with Gasteiger partial charge in [-0.2, -0.15) is 0 Å². The summed E-state index contributed by atoms with van der Waals surface area (Å²) < 4.78 is 6.23. The molecule has 2 unspecified atom stereocenters. The van der Waals surface area contributed by atoms with Gasteiger partial charge < -0.3 is 10.1 Å². The molecule has 106 valence electrons. The van der Waals surface area contributed by atoms with E-state index in [0.29, 0.717) is 18.1 Å². The lowest BCUT2D eigenvalue weighted by atomic mass is 9.88. The van der Waals surface area contributed by atoms with Crippen LogP contribution in [0.5, 0.6) is 5.75 Å². The van der Waals surface area contributed by atoms with Gasteiger partial charge in [-0.3, -0.25) is 4.98 Å². The molecule has 0 spiro atoms. The summed E-state index contributed by atoms with van der Waals surface area (Å²) in [6.07, 6.45) is 9.14. The van der Waals surface area contributed by atoms with Gasteiger partial charge in [0, 0.05) is 24.3 Å². The van der Waals surface area contributed by atoms with Gasteiger partial charge in [-0.1, -0.05) is 27.2 Å². The Labute approximate surface area is 116 Å². The van der Waals surface area contributed by atoms with Crippen molar-refractivity contribution in [2.24, 2.45) is 5.92 Å². The zero-order chi connectivity index (χ0) is 13.7. The Balaban J connectivity index is 2.02. The molecular formula is C16H26N2O. The first-order chi connectivity index (χ1) is 9.16. The summed E-state index contributed by atoms with van der Waals surface area (Å²) in [4.78, 5) is 4.21. The minimum Gasteiger partial charge on any atom is -0.488 e. The third kappa shape index (κ3) is 4.20. The Morgan fingerprint density at radius 1 is 1.37 bits per heavy atom. The highest BCUT2D eigenvalue weighted by Crippen LogP contribution is 2.29. The lowest BCUT2D eigenvalue weighted by Crippen LogP contribution is -2.29. The van der Waals surface area contributed by atoms with Gasteiger partial charge in [-0.05, 0) is 31.2 Å². The van der Waals surface area contributed by atoms with Crippen LogP contribution in [0.1, 0.15) is 52.0 Å². The molecular weight excluding hydrogens is 236 g/mol. The fourth-order valence-corrected chi connectivity index (χ4v) is 2.60. The molecule has 3 nitrogen and oxygen atoms in total. The molecule has 3 heteroatoms. The Kier molecular flexibility index (Phi) is 5.20. The van der Waals surface area contributed by atoms with Crippen molar-refractivity contribution in [3.8, 4) is 5.75 Å². The van der Waals surface area contributed by atoms with E-state index < -0.39 is 0 Å². The Bertz CT molecular complexity index is 392. The van der Waals surface area contributed by atoms with Gasteiger partial charge in [0.2, 0.25) is 0 Å². The van der Waals surface area contributed by atoms with E-state index in [2.05, 4.69) is 37.1 Å². The van der Waals surface area contributed by atoms with E-state index in [0.717, 1.165) is 12.3 Å². The predicted molar refractivity (Wildman–Crippen MR) is 78.3 cm³/mol. The number of hydrogen-bond acceptors (Lipinski definition) is 3. The van der Waals surface area contributed by atoms with Gasteiger partial charge in [-0.15, -0.1) is 0 Å². The number of rotatable bonds is 5. The van der Waals surface area contributed by atoms with Crippen LogP contribution in [0.15, 0.2) is 18.5 Å². The van der Waals surface area contributed by atoms with Gasteiger partial charge >= 0.3 is 0 Å². The molecule has 1 fully saturated rings. The van der Waals surface area contributed by atoms with Crippen molar-refractivity contribution < 1.29 is 4.74 Å². The van der Waals surface area contributed by atoms with Crippen LogP contribution in [0.2, 0.25) is 0 Å². The summed E-state index contributed by atoms with van der Waals surface area (Å²) in [5, 5.41) is 3.44. The molecule has 1 aliphatic carbocycles. The third-order valence-corrected chi connectivity index (χ3v) is 3.88. The molecule has 1 aliphatic rings. The van der Waals surface area contributed by atoms with Crippen LogP contribution in [-0.2, 0) is 6.54 Å². The van der Waals surface area contributed by atoms with Gasteiger partial charge in [0.1, 0.15) is 11.9 Å². The summed E-state index contributed by atoms with van der Waals surface area (Å²) in [5.74, 6) is 1.61. The van der Waals surface area contributed by atoms with E-state index in [9.17, 15) is 0 Å². The Morgan fingerprint density at radius 3 is 2.89 bits per heavy atom. The normalized spacial score (nSPS) is 23.6. The van der Waals surface area contributed by atoms with Crippen molar-refractivity contribution in [1.29, 1.82) is 0 Å². The maximum Gasteiger partial charge on any atom is 0.142 e. The first-order valence-corrected chi connectivity index (χ1v) is 7.49. The van der Waals surface area contributed by atoms with Crippen LogP contribution in [0.3, 0.4) is 0 Å². The molecule has 0 saturated heterocycles. The molecule has 2 atom stereocenters. The van der Waals surface area contributed by atoms with Crippen LogP contribution < -0.4 is 10.1 Å². The second kappa shape index (κ2) is 6.90. The maximum absolute atomic E-state index is 6.23. The van der Waals surface area contributed by atoms with E-state index in [1.807, 2.05) is 12.4 Å². The minimum atomic E-state index is 0.357. The average Bonchev–Trinajstić information content (AvgIpc) is 2.40. The SMILES string of the molecule is CC(C)NCc1ccncc1OC1CCCCC1C. The van der Waals surface area contributed by atoms with E-state index in [-0.39, 0.29) is 0 Å². The van der Waals surface area contributed by atoms with Crippen molar-refractivity contribution in [3.63, 3.8) is 0 Å². The molecule has 0 aromatic carbocycles. The summed E-state index contributed by atoms with van der Waals surface area (Å²) in [7, 11) is 0. The topological polar surface area (TPSA) is 34.2 Å². The lowest BCUT2D eigenvalue weighted by molar-refractivity contribution is 0.101. The van der Waals surface area contributed by atoms with Gasteiger partial charge in [0.25, 0.3) is 0 Å². The smallest absolute Gasteiger partial charge is 0.142 e. The molecule has 0 amide bonds. The fourth-order valence-electron chi connectivity index (χ4n) is 2.60. The molecule has 0 bridgehead atoms. The maximum atomic E-state index is 6.23. The van der Waals surface area contributed by atoms with Crippen molar-refractivity contribution in [3.05, 3.63) is 24.0 Å². The molecule has 1 heterocycles. The third-order valence-electron chi connectivity index (χ3n) is 3.88. The van der Waals surface area contributed by atoms with Crippen LogP contribution in [0.4, 0.5) is 0 Å². The number of aromatic nitrogens is 1. The second-order valence-electron chi connectivity index (χ2n) is 5.94. The highest BCUT2D eigenvalue weighted by Gasteiger charge is 2.23. The molecule has 1 N–H and O–H groups in total. The van der Waals surface area contributed by atoms with E-state index in [4.69, 9.17) is 4.74 Å². The van der Waals surface area contributed by atoms with Crippen LogP contribution in [-0.4, -0.2) is 17.1 Å². The molecule has 1 saturated carbocycles.